The van der Waals surface area contributed by atoms with Gasteiger partial charge in [-0.1, -0.05) is 26.7 Å². The van der Waals surface area contributed by atoms with E-state index in [9.17, 15) is 0 Å². The van der Waals surface area contributed by atoms with Crippen LogP contribution < -0.4 is 0 Å². The summed E-state index contributed by atoms with van der Waals surface area (Å²) in [5.74, 6) is 0. The Morgan fingerprint density at radius 2 is 1.54 bits per heavy atom. The highest BCUT2D eigenvalue weighted by atomic mass is 33.1. The van der Waals surface area contributed by atoms with Gasteiger partial charge in [0.2, 0.25) is 0 Å². The van der Waals surface area contributed by atoms with Crippen LogP contribution in [0.1, 0.15) is 39.5 Å². The largest absolute Gasteiger partial charge is 0.528 e. The second-order valence-electron chi connectivity index (χ2n) is 2.67. The van der Waals surface area contributed by atoms with Crippen LogP contribution in [0.25, 0.3) is 0 Å². The van der Waals surface area contributed by atoms with Crippen molar-refractivity contribution in [3.8, 4) is 0 Å². The maximum atomic E-state index is 5.48. The van der Waals surface area contributed by atoms with E-state index in [0.29, 0.717) is 0 Å². The fraction of sp³-hybridized carbons (Fsp3) is 1.00. The Morgan fingerprint density at radius 1 is 1.08 bits per heavy atom. The molecule has 13 heavy (non-hydrogen) atoms. The molecule has 0 aliphatic heterocycles. The van der Waals surface area contributed by atoms with Gasteiger partial charge >= 0.3 is 17.5 Å². The van der Waals surface area contributed by atoms with E-state index in [4.69, 9.17) is 20.2 Å². The first-order valence-electron chi connectivity index (χ1n) is 4.71. The van der Waals surface area contributed by atoms with E-state index in [-0.39, 0.29) is 0 Å². The standard InChI is InChI=1S/C8H18O2PS2/c1-3-5-7-9-11(13-12)10-8-6-4-2/h3-8H2,1-2H3/q+1. The fourth-order valence-electron chi connectivity index (χ4n) is 0.647. The minimum absolute atomic E-state index is 0.776. The summed E-state index contributed by atoms with van der Waals surface area (Å²) < 4.78 is 11.0. The van der Waals surface area contributed by atoms with Crippen LogP contribution in [0, 0.1) is 0 Å². The molecule has 0 fully saturated rings. The number of hydrogen-bond donors (Lipinski definition) is 0. The lowest BCUT2D eigenvalue weighted by atomic mass is 10.4. The number of hydrogen-bond acceptors (Lipinski definition) is 3. The SMILES string of the molecule is CCCCOP(OCCCC)[S+]=S. The van der Waals surface area contributed by atoms with Gasteiger partial charge in [-0.05, 0) is 12.8 Å². The van der Waals surface area contributed by atoms with Gasteiger partial charge in [0, 0.05) is 0 Å². The summed E-state index contributed by atoms with van der Waals surface area (Å²) in [4.78, 5) is 0. The molecule has 0 radical (unpaired) electrons. The quantitative estimate of drug-likeness (QED) is 0.350. The molecule has 0 amide bonds. The molecule has 0 aliphatic rings. The Kier molecular flexibility index (Phi) is 11.5. The molecule has 0 atom stereocenters. The minimum Gasteiger partial charge on any atom is -0.285 e. The van der Waals surface area contributed by atoms with Gasteiger partial charge in [-0.15, -0.1) is 0 Å². The zero-order valence-electron chi connectivity index (χ0n) is 8.32. The lowest BCUT2D eigenvalue weighted by Crippen LogP contribution is -1.93. The fourth-order valence-corrected chi connectivity index (χ4v) is 2.84. The first kappa shape index (κ1) is 13.8. The van der Waals surface area contributed by atoms with Gasteiger partial charge in [0.15, 0.2) is 0 Å². The Morgan fingerprint density at radius 3 is 1.85 bits per heavy atom. The van der Waals surface area contributed by atoms with Gasteiger partial charge in [0.05, 0.1) is 13.2 Å². The average Bonchev–Trinajstić information content (AvgIpc) is 2.16. The molecule has 2 nitrogen and oxygen atoms in total. The van der Waals surface area contributed by atoms with E-state index in [0.717, 1.165) is 38.9 Å². The van der Waals surface area contributed by atoms with Gasteiger partial charge in [0.25, 0.3) is 11.2 Å². The summed E-state index contributed by atoms with van der Waals surface area (Å²) in [6.45, 7) is 5.84. The van der Waals surface area contributed by atoms with Crippen LogP contribution in [0.3, 0.4) is 0 Å². The van der Waals surface area contributed by atoms with Crippen molar-refractivity contribution in [1.82, 2.24) is 0 Å². The molecule has 0 heterocycles. The highest BCUT2D eigenvalue weighted by Crippen LogP contribution is 2.37. The van der Waals surface area contributed by atoms with Crippen molar-refractivity contribution >= 4 is 28.7 Å². The summed E-state index contributed by atoms with van der Waals surface area (Å²) in [5, 5.41) is 0. The van der Waals surface area contributed by atoms with Gasteiger partial charge < -0.3 is 0 Å². The van der Waals surface area contributed by atoms with Gasteiger partial charge in [0.1, 0.15) is 0 Å². The number of rotatable bonds is 9. The van der Waals surface area contributed by atoms with Crippen molar-refractivity contribution in [2.75, 3.05) is 13.2 Å². The van der Waals surface area contributed by atoms with E-state index in [1.54, 1.807) is 0 Å². The molecule has 0 saturated heterocycles. The molecule has 0 unspecified atom stereocenters. The van der Waals surface area contributed by atoms with Gasteiger partial charge in [-0.2, -0.15) is 0 Å². The molecule has 0 aliphatic carbocycles. The van der Waals surface area contributed by atoms with Crippen LogP contribution in [0.4, 0.5) is 0 Å². The molecule has 0 N–H and O–H groups in total. The van der Waals surface area contributed by atoms with Crippen LogP contribution in [-0.2, 0) is 30.2 Å². The lowest BCUT2D eigenvalue weighted by molar-refractivity contribution is 0.255. The highest BCUT2D eigenvalue weighted by Gasteiger charge is 2.22. The van der Waals surface area contributed by atoms with Crippen molar-refractivity contribution in [3.05, 3.63) is 0 Å². The van der Waals surface area contributed by atoms with Crippen molar-refractivity contribution in [2.24, 2.45) is 0 Å². The monoisotopic (exact) mass is 241 g/mol. The molecule has 5 heteroatoms. The zero-order valence-corrected chi connectivity index (χ0v) is 10.9. The second-order valence-corrected chi connectivity index (χ2v) is 6.47. The van der Waals surface area contributed by atoms with Crippen LogP contribution in [0.15, 0.2) is 0 Å². The molecule has 0 aromatic carbocycles. The van der Waals surface area contributed by atoms with E-state index in [2.05, 4.69) is 13.8 Å². The zero-order chi connectivity index (χ0) is 9.94. The van der Waals surface area contributed by atoms with E-state index in [1.165, 1.54) is 9.94 Å². The van der Waals surface area contributed by atoms with E-state index < -0.39 is 7.58 Å². The van der Waals surface area contributed by atoms with Crippen LogP contribution >= 0.6 is 7.58 Å². The summed E-state index contributed by atoms with van der Waals surface area (Å²) >= 11 is 4.87. The van der Waals surface area contributed by atoms with Crippen molar-refractivity contribution in [1.29, 1.82) is 0 Å². The molecular weight excluding hydrogens is 223 g/mol. The number of unbranched alkanes of at least 4 members (excludes halogenated alkanes) is 2. The first-order valence-corrected chi connectivity index (χ1v) is 8.23. The average molecular weight is 241 g/mol. The van der Waals surface area contributed by atoms with Crippen molar-refractivity contribution < 1.29 is 9.05 Å². The topological polar surface area (TPSA) is 18.5 Å². The maximum absolute atomic E-state index is 5.48. The Hall–Kier alpha value is 0.790. The highest BCUT2D eigenvalue weighted by molar-refractivity contribution is 8.54. The molecule has 0 saturated carbocycles. The van der Waals surface area contributed by atoms with Crippen LogP contribution in [-0.4, -0.2) is 13.2 Å². The van der Waals surface area contributed by atoms with Gasteiger partial charge in [-0.3, -0.25) is 9.05 Å². The Bertz CT molecular complexity index is 115. The predicted molar refractivity (Wildman–Crippen MR) is 63.4 cm³/mol. The summed E-state index contributed by atoms with van der Waals surface area (Å²) in [6.07, 6.45) is 4.48. The molecule has 0 bridgehead atoms. The molecular formula is C8H18O2PS2+. The van der Waals surface area contributed by atoms with Crippen molar-refractivity contribution in [2.45, 2.75) is 39.5 Å². The third kappa shape index (κ3) is 9.10. The minimum atomic E-state index is -0.850. The predicted octanol–water partition coefficient (Wildman–Crippen LogP) is 3.39. The van der Waals surface area contributed by atoms with Gasteiger partial charge in [-0.25, -0.2) is 0 Å². The maximum Gasteiger partial charge on any atom is 0.528 e. The second kappa shape index (κ2) is 10.9. The summed E-state index contributed by atoms with van der Waals surface area (Å²) in [7, 11) is 0.424. The molecule has 0 rings (SSSR count). The smallest absolute Gasteiger partial charge is 0.285 e. The molecule has 0 aromatic heterocycles. The Labute approximate surface area is 90.7 Å². The molecule has 0 spiro atoms. The first-order chi connectivity index (χ1) is 6.35. The lowest BCUT2D eigenvalue weighted by Gasteiger charge is -2.01. The van der Waals surface area contributed by atoms with E-state index >= 15 is 0 Å². The van der Waals surface area contributed by atoms with Crippen LogP contribution in [0.2, 0.25) is 0 Å². The van der Waals surface area contributed by atoms with Crippen LogP contribution in [0.5, 0.6) is 0 Å². The summed E-state index contributed by atoms with van der Waals surface area (Å²) in [5.41, 5.74) is 0. The Balaban J connectivity index is 3.34. The summed E-state index contributed by atoms with van der Waals surface area (Å²) in [6, 6.07) is 0. The normalized spacial score (nSPS) is 10.7. The van der Waals surface area contributed by atoms with Crippen molar-refractivity contribution in [3.63, 3.8) is 0 Å². The van der Waals surface area contributed by atoms with E-state index in [1.807, 2.05) is 0 Å². The molecule has 78 valence electrons. The third-order valence-corrected chi connectivity index (χ3v) is 4.45. The third-order valence-electron chi connectivity index (χ3n) is 1.45. The molecule has 0 aromatic rings.